The van der Waals surface area contributed by atoms with Crippen LogP contribution in [0.4, 0.5) is 0 Å². The highest BCUT2D eigenvalue weighted by molar-refractivity contribution is 5.58. The van der Waals surface area contributed by atoms with E-state index in [1.54, 1.807) is 6.92 Å². The zero-order valence-electron chi connectivity index (χ0n) is 15.1. The number of hydrogen-bond donors (Lipinski definition) is 3. The lowest BCUT2D eigenvalue weighted by Gasteiger charge is -2.20. The SMILES string of the molecule is C[C@H](O)c1ccc(-c2ccc(CN[C@@H](C)[C@H](O)c3ccccc3)o2)cc1. The van der Waals surface area contributed by atoms with Gasteiger partial charge in [0.25, 0.3) is 0 Å². The van der Waals surface area contributed by atoms with Gasteiger partial charge in [0.2, 0.25) is 0 Å². The predicted molar refractivity (Wildman–Crippen MR) is 102 cm³/mol. The molecule has 0 unspecified atom stereocenters. The normalized spacial score (nSPS) is 14.8. The molecule has 0 saturated carbocycles. The van der Waals surface area contributed by atoms with Gasteiger partial charge >= 0.3 is 0 Å². The summed E-state index contributed by atoms with van der Waals surface area (Å²) >= 11 is 0. The van der Waals surface area contributed by atoms with Gasteiger partial charge in [-0.15, -0.1) is 0 Å². The minimum absolute atomic E-state index is 0.101. The number of aliphatic hydroxyl groups is 2. The van der Waals surface area contributed by atoms with Gasteiger partial charge in [0.1, 0.15) is 11.5 Å². The van der Waals surface area contributed by atoms with Crippen LogP contribution in [-0.4, -0.2) is 16.3 Å². The van der Waals surface area contributed by atoms with E-state index >= 15 is 0 Å². The highest BCUT2D eigenvalue weighted by atomic mass is 16.3. The monoisotopic (exact) mass is 351 g/mol. The molecule has 0 aliphatic rings. The number of rotatable bonds is 7. The highest BCUT2D eigenvalue weighted by Crippen LogP contribution is 2.24. The lowest BCUT2D eigenvalue weighted by atomic mass is 10.0. The molecular weight excluding hydrogens is 326 g/mol. The van der Waals surface area contributed by atoms with E-state index in [2.05, 4.69) is 5.32 Å². The van der Waals surface area contributed by atoms with Gasteiger partial charge in [0.05, 0.1) is 18.8 Å². The minimum Gasteiger partial charge on any atom is -0.460 e. The van der Waals surface area contributed by atoms with Crippen LogP contribution in [0.15, 0.2) is 71.1 Å². The Morgan fingerprint density at radius 1 is 0.846 bits per heavy atom. The summed E-state index contributed by atoms with van der Waals surface area (Å²) in [6, 6.07) is 21.1. The molecule has 3 atom stereocenters. The van der Waals surface area contributed by atoms with Crippen molar-refractivity contribution in [1.29, 1.82) is 0 Å². The van der Waals surface area contributed by atoms with Crippen LogP contribution in [0.2, 0.25) is 0 Å². The van der Waals surface area contributed by atoms with Gasteiger partial charge in [-0.25, -0.2) is 0 Å². The topological polar surface area (TPSA) is 65.6 Å². The molecule has 0 amide bonds. The predicted octanol–water partition coefficient (Wildman–Crippen LogP) is 4.21. The Bertz CT molecular complexity index is 809. The fourth-order valence-corrected chi connectivity index (χ4v) is 2.87. The summed E-state index contributed by atoms with van der Waals surface area (Å²) < 4.78 is 5.90. The number of furan rings is 1. The molecule has 1 aromatic heterocycles. The first-order chi connectivity index (χ1) is 12.5. The van der Waals surface area contributed by atoms with Gasteiger partial charge < -0.3 is 19.9 Å². The maximum Gasteiger partial charge on any atom is 0.134 e. The highest BCUT2D eigenvalue weighted by Gasteiger charge is 2.16. The Morgan fingerprint density at radius 3 is 2.19 bits per heavy atom. The molecule has 0 radical (unpaired) electrons. The first-order valence-electron chi connectivity index (χ1n) is 8.88. The average molecular weight is 351 g/mol. The van der Waals surface area contributed by atoms with Crippen molar-refractivity contribution < 1.29 is 14.6 Å². The molecule has 0 fully saturated rings. The summed E-state index contributed by atoms with van der Waals surface area (Å²) in [6.45, 7) is 4.24. The summed E-state index contributed by atoms with van der Waals surface area (Å²) in [5.74, 6) is 1.60. The van der Waals surface area contributed by atoms with Crippen LogP contribution in [0.5, 0.6) is 0 Å². The largest absolute Gasteiger partial charge is 0.460 e. The maximum atomic E-state index is 10.4. The third-order valence-corrected chi connectivity index (χ3v) is 4.55. The third kappa shape index (κ3) is 4.41. The summed E-state index contributed by atoms with van der Waals surface area (Å²) in [4.78, 5) is 0. The van der Waals surface area contributed by atoms with Gasteiger partial charge in [-0.05, 0) is 37.1 Å². The van der Waals surface area contributed by atoms with Crippen molar-refractivity contribution in [3.8, 4) is 11.3 Å². The van der Waals surface area contributed by atoms with E-state index in [1.165, 1.54) is 0 Å². The molecule has 0 aliphatic carbocycles. The molecule has 0 aliphatic heterocycles. The van der Waals surface area contributed by atoms with Gasteiger partial charge in [0.15, 0.2) is 0 Å². The van der Waals surface area contributed by atoms with Crippen molar-refractivity contribution in [3.05, 3.63) is 83.6 Å². The summed E-state index contributed by atoms with van der Waals surface area (Å²) in [5.41, 5.74) is 2.75. The minimum atomic E-state index is -0.571. The standard InChI is InChI=1S/C22H25NO3/c1-15(22(25)19-6-4-3-5-7-19)23-14-20-12-13-21(26-20)18-10-8-17(9-11-18)16(2)24/h3-13,15-16,22-25H,14H2,1-2H3/t15-,16-,22-/m0/s1. The van der Waals surface area contributed by atoms with Gasteiger partial charge in [-0.3, -0.25) is 0 Å². The Hall–Kier alpha value is -2.40. The van der Waals surface area contributed by atoms with Crippen LogP contribution in [-0.2, 0) is 6.54 Å². The second kappa shape index (κ2) is 8.32. The van der Waals surface area contributed by atoms with E-state index in [9.17, 15) is 10.2 Å². The third-order valence-electron chi connectivity index (χ3n) is 4.55. The van der Waals surface area contributed by atoms with Gasteiger partial charge in [0, 0.05) is 11.6 Å². The molecule has 0 saturated heterocycles. The van der Waals surface area contributed by atoms with Crippen molar-refractivity contribution in [1.82, 2.24) is 5.32 Å². The number of benzene rings is 2. The lowest BCUT2D eigenvalue weighted by molar-refractivity contribution is 0.134. The number of hydrogen-bond acceptors (Lipinski definition) is 4. The fourth-order valence-electron chi connectivity index (χ4n) is 2.87. The Labute approximate surface area is 154 Å². The molecule has 4 heteroatoms. The smallest absolute Gasteiger partial charge is 0.134 e. The van der Waals surface area contributed by atoms with Crippen LogP contribution in [0.25, 0.3) is 11.3 Å². The fraction of sp³-hybridized carbons (Fsp3) is 0.273. The molecule has 4 nitrogen and oxygen atoms in total. The van der Waals surface area contributed by atoms with Crippen LogP contribution in [0.1, 0.15) is 42.9 Å². The molecule has 0 bridgehead atoms. The average Bonchev–Trinajstić information content (AvgIpc) is 3.15. The molecule has 0 spiro atoms. The van der Waals surface area contributed by atoms with Gasteiger partial charge in [-0.1, -0.05) is 54.6 Å². The Morgan fingerprint density at radius 2 is 1.54 bits per heavy atom. The second-order valence-corrected chi connectivity index (χ2v) is 6.59. The van der Waals surface area contributed by atoms with Crippen molar-refractivity contribution >= 4 is 0 Å². The quantitative estimate of drug-likeness (QED) is 0.596. The molecule has 136 valence electrons. The molecule has 26 heavy (non-hydrogen) atoms. The van der Waals surface area contributed by atoms with Crippen LogP contribution >= 0.6 is 0 Å². The van der Waals surface area contributed by atoms with E-state index < -0.39 is 12.2 Å². The summed E-state index contributed by atoms with van der Waals surface area (Å²) in [7, 11) is 0. The number of nitrogens with one attached hydrogen (secondary N) is 1. The van der Waals surface area contributed by atoms with Crippen LogP contribution in [0, 0.1) is 0 Å². The molecule has 1 heterocycles. The Kier molecular flexibility index (Phi) is 5.89. The van der Waals surface area contributed by atoms with Crippen molar-refractivity contribution in [3.63, 3.8) is 0 Å². The van der Waals surface area contributed by atoms with Crippen molar-refractivity contribution in [2.24, 2.45) is 0 Å². The Balaban J connectivity index is 1.60. The molecule has 3 rings (SSSR count). The van der Waals surface area contributed by atoms with E-state index in [4.69, 9.17) is 4.42 Å². The molecule has 2 aromatic carbocycles. The van der Waals surface area contributed by atoms with Crippen molar-refractivity contribution in [2.75, 3.05) is 0 Å². The van der Waals surface area contributed by atoms with Crippen LogP contribution in [0.3, 0.4) is 0 Å². The van der Waals surface area contributed by atoms with E-state index in [1.807, 2.05) is 73.7 Å². The zero-order valence-corrected chi connectivity index (χ0v) is 15.1. The second-order valence-electron chi connectivity index (χ2n) is 6.59. The number of aliphatic hydroxyl groups excluding tert-OH is 2. The first kappa shape index (κ1) is 18.4. The van der Waals surface area contributed by atoms with Gasteiger partial charge in [-0.2, -0.15) is 0 Å². The zero-order chi connectivity index (χ0) is 18.5. The van der Waals surface area contributed by atoms with Crippen LogP contribution < -0.4 is 5.32 Å². The maximum absolute atomic E-state index is 10.4. The lowest BCUT2D eigenvalue weighted by Crippen LogP contribution is -2.31. The summed E-state index contributed by atoms with van der Waals surface area (Å²) in [6.07, 6.45) is -1.04. The molecule has 3 N–H and O–H groups in total. The van der Waals surface area contributed by atoms with E-state index in [-0.39, 0.29) is 6.04 Å². The van der Waals surface area contributed by atoms with E-state index in [0.29, 0.717) is 6.54 Å². The first-order valence-corrected chi connectivity index (χ1v) is 8.88. The van der Waals surface area contributed by atoms with E-state index in [0.717, 1.165) is 28.2 Å². The molecular formula is C22H25NO3. The summed E-state index contributed by atoms with van der Waals surface area (Å²) in [5, 5.41) is 23.3. The van der Waals surface area contributed by atoms with Crippen molar-refractivity contribution in [2.45, 2.75) is 38.6 Å². The molecule has 3 aromatic rings.